The zero-order valence-electron chi connectivity index (χ0n) is 93.4. The summed E-state index contributed by atoms with van der Waals surface area (Å²) in [4.78, 5) is 47.4. The van der Waals surface area contributed by atoms with Crippen molar-refractivity contribution >= 4 is 43.1 Å². The van der Waals surface area contributed by atoms with Crippen LogP contribution in [-0.2, 0) is 48.7 Å². The smallest absolute Gasteiger partial charge is 0.164 e. The van der Waals surface area contributed by atoms with Gasteiger partial charge >= 0.3 is 0 Å². The Morgan fingerprint density at radius 1 is 0.127 bits per heavy atom. The molecule has 150 heavy (non-hydrogen) atoms. The quantitative estimate of drug-likeness (QED) is 0.0981. The molecule has 0 atom stereocenters. The fraction of sp³-hybridized carbons (Fsp3) is 0.270. The molecule has 0 aliphatic rings. The van der Waals surface area contributed by atoms with Crippen molar-refractivity contribution in [2.24, 2.45) is 0 Å². The molecule has 0 aliphatic carbocycles. The summed E-state index contributed by atoms with van der Waals surface area (Å²) in [5, 5.41) is 9.51. The predicted molar refractivity (Wildman–Crippen MR) is 637 cm³/mol. The summed E-state index contributed by atoms with van der Waals surface area (Å²) in [6, 6.07) is 124. The minimum absolute atomic E-state index is 0.000374. The molecule has 9 nitrogen and oxygen atoms in total. The number of hydrogen-bond acceptors (Lipinski definition) is 9. The number of benzene rings is 17. The Bertz CT molecular complexity index is 7990. The average molecular weight is 1960 g/mol. The van der Waals surface area contributed by atoms with Crippen LogP contribution >= 0.6 is 0 Å². The van der Waals surface area contributed by atoms with Gasteiger partial charge in [0.25, 0.3) is 0 Å². The molecule has 0 aliphatic heterocycles. The maximum absolute atomic E-state index is 5.38. The first kappa shape index (κ1) is 103. The number of aromatic nitrogens is 9. The highest BCUT2D eigenvalue weighted by molar-refractivity contribution is 6.25. The molecule has 752 valence electrons. The molecule has 0 saturated heterocycles. The first-order valence-electron chi connectivity index (χ1n) is 53.3. The van der Waals surface area contributed by atoms with Gasteiger partial charge in [-0.1, -0.05) is 532 Å². The van der Waals surface area contributed by atoms with E-state index in [0.717, 1.165) is 111 Å². The SMILES string of the molecule is CC(C)(C)c1ccc(-c2nc(-c3ccc(-c4ccccc4-c4c5ccccc5c(-c5cc(C(C)(C)C)cc(C(C)(C)C)c5)c5ccc(C(C)(C)C)cc45)cc3)nc(-c3ccc(C(C)(C)C)cc3)n2)cc1.Cc1ccc2c(-c3ccccc3-c3nc(-c4ccc(C(C)(C)C)cc4)nc(-c4ccc(C(C)(C)C)cc4)n3)c3cc(C)ccc3c(-c3ccccc3-c3nc(-c4ccc(C(C)(C)C)cc4)nc(-c4ccc(C(C)(C)C)cc4)n3)c2c1. The van der Waals surface area contributed by atoms with E-state index >= 15 is 0 Å². The molecule has 3 aromatic heterocycles. The molecule has 0 bridgehead atoms. The second kappa shape index (κ2) is 39.4. The van der Waals surface area contributed by atoms with Crippen LogP contribution in [0.4, 0.5) is 0 Å². The molecular formula is C141H143N9. The molecule has 9 heteroatoms. The first-order valence-corrected chi connectivity index (χ1v) is 53.3. The van der Waals surface area contributed by atoms with Gasteiger partial charge in [0.15, 0.2) is 52.4 Å². The Morgan fingerprint density at radius 3 is 0.593 bits per heavy atom. The van der Waals surface area contributed by atoms with Crippen molar-refractivity contribution in [2.45, 2.75) is 250 Å². The van der Waals surface area contributed by atoms with Crippen molar-refractivity contribution in [2.75, 3.05) is 0 Å². The number of fused-ring (bicyclic) bond motifs is 4. The second-order valence-corrected chi connectivity index (χ2v) is 50.5. The Balaban J connectivity index is 0.000000190. The summed E-state index contributed by atoms with van der Waals surface area (Å²) >= 11 is 0. The van der Waals surface area contributed by atoms with E-state index in [1.807, 2.05) is 0 Å². The van der Waals surface area contributed by atoms with Crippen molar-refractivity contribution in [3.8, 4) is 158 Å². The highest BCUT2D eigenvalue weighted by Gasteiger charge is 2.32. The van der Waals surface area contributed by atoms with E-state index in [-0.39, 0.29) is 48.7 Å². The van der Waals surface area contributed by atoms with Gasteiger partial charge in [0.2, 0.25) is 0 Å². The van der Waals surface area contributed by atoms with Gasteiger partial charge in [0, 0.05) is 50.1 Å². The van der Waals surface area contributed by atoms with Crippen LogP contribution in [0.1, 0.15) is 248 Å². The maximum atomic E-state index is 5.38. The van der Waals surface area contributed by atoms with Crippen LogP contribution in [0.3, 0.4) is 0 Å². The van der Waals surface area contributed by atoms with Crippen molar-refractivity contribution in [3.05, 3.63) is 401 Å². The molecule has 17 aromatic carbocycles. The third-order valence-electron chi connectivity index (χ3n) is 29.8. The van der Waals surface area contributed by atoms with Crippen LogP contribution in [0.5, 0.6) is 0 Å². The van der Waals surface area contributed by atoms with Gasteiger partial charge in [-0.15, -0.1) is 0 Å². The lowest BCUT2D eigenvalue weighted by Gasteiger charge is -2.28. The van der Waals surface area contributed by atoms with Crippen LogP contribution in [0, 0.1) is 13.8 Å². The molecule has 0 fully saturated rings. The standard InChI is InChI=1S/C74H72N6.C67H71N3/c1-45-23-41-57-61(43-45)63(55-19-15-17-21-59(55)69-77-65(47-25-33-51(34-26-47)71(3,4)5)75-66(78-69)48-27-35-52(36-28-48)72(6,7)8)58-42-24-46(2)44-62(58)64(57)56-20-16-18-22-60(56)70-79-67(49-29-37-53(38-30-49)73(9,10)11)76-68(80-70)50-31-39-54(40-32-50)74(12,13)14;1-63(2,3)47-32-28-44(29-33-47)61-68-60(69-62(70-61)45-30-34-48(35-31-45)64(4,5)6)43-26-24-42(25-27-43)52-20-16-17-21-53(52)59-55-23-19-18-22-54(55)58(56-37-36-49(41-57(56)59)65(7,8)9)46-38-50(66(10,11)12)40-51(39-46)67(13,14)15/h15-44H,1-14H3;16-41H,1-15H3. The van der Waals surface area contributed by atoms with Gasteiger partial charge in [-0.05, 0) is 217 Å². The lowest BCUT2D eigenvalue weighted by Crippen LogP contribution is -2.16. The summed E-state index contributed by atoms with van der Waals surface area (Å²) in [5.41, 5.74) is 34.0. The van der Waals surface area contributed by atoms with E-state index in [9.17, 15) is 0 Å². The normalized spacial score (nSPS) is 12.6. The number of hydrogen-bond donors (Lipinski definition) is 0. The van der Waals surface area contributed by atoms with E-state index < -0.39 is 0 Å². The highest BCUT2D eigenvalue weighted by Crippen LogP contribution is 2.53. The summed E-state index contributed by atoms with van der Waals surface area (Å²) < 4.78 is 0. The Kier molecular flexibility index (Phi) is 27.1. The lowest BCUT2D eigenvalue weighted by atomic mass is 9.77. The summed E-state index contributed by atoms with van der Waals surface area (Å²) in [6.45, 7) is 65.6. The van der Waals surface area contributed by atoms with Gasteiger partial charge in [-0.3, -0.25) is 0 Å². The Labute approximate surface area is 890 Å². The van der Waals surface area contributed by atoms with Crippen LogP contribution in [0.2, 0.25) is 0 Å². The summed E-state index contributed by atoms with van der Waals surface area (Å²) in [6.07, 6.45) is 0. The number of nitrogens with zero attached hydrogens (tertiary/aromatic N) is 9. The topological polar surface area (TPSA) is 116 Å². The van der Waals surface area contributed by atoms with E-state index in [2.05, 4.69) is 541 Å². The van der Waals surface area contributed by atoms with Crippen molar-refractivity contribution in [1.29, 1.82) is 0 Å². The van der Waals surface area contributed by atoms with Crippen molar-refractivity contribution in [1.82, 2.24) is 44.9 Å². The molecule has 0 N–H and O–H groups in total. The number of rotatable bonds is 14. The minimum Gasteiger partial charge on any atom is -0.208 e. The third-order valence-corrected chi connectivity index (χ3v) is 29.8. The molecule has 20 rings (SSSR count). The summed E-state index contributed by atoms with van der Waals surface area (Å²) in [5.74, 6) is 5.69. The molecule has 0 unspecified atom stereocenters. The van der Waals surface area contributed by atoms with Crippen LogP contribution in [0.25, 0.3) is 201 Å². The Hall–Kier alpha value is -15.2. The molecule has 0 radical (unpaired) electrons. The van der Waals surface area contributed by atoms with Gasteiger partial charge in [0.1, 0.15) is 0 Å². The van der Waals surface area contributed by atoms with Gasteiger partial charge < -0.3 is 0 Å². The molecule has 0 spiro atoms. The molecule has 0 amide bonds. The number of aryl methyl sites for hydroxylation is 2. The zero-order valence-corrected chi connectivity index (χ0v) is 93.4. The fourth-order valence-corrected chi connectivity index (χ4v) is 20.5. The predicted octanol–water partition coefficient (Wildman–Crippen LogP) is 38.2. The molecular weight excluding hydrogens is 1820 g/mol. The van der Waals surface area contributed by atoms with Crippen molar-refractivity contribution in [3.63, 3.8) is 0 Å². The largest absolute Gasteiger partial charge is 0.208 e. The first-order chi connectivity index (χ1) is 70.8. The molecule has 3 heterocycles. The highest BCUT2D eigenvalue weighted by atomic mass is 15.1. The van der Waals surface area contributed by atoms with E-state index in [0.29, 0.717) is 52.4 Å². The van der Waals surface area contributed by atoms with Gasteiger partial charge in [0.05, 0.1) is 0 Å². The van der Waals surface area contributed by atoms with E-state index in [1.54, 1.807) is 0 Å². The van der Waals surface area contributed by atoms with Crippen LogP contribution in [0.15, 0.2) is 340 Å². The van der Waals surface area contributed by atoms with Crippen LogP contribution in [-0.4, -0.2) is 44.9 Å². The monoisotopic (exact) mass is 1960 g/mol. The second-order valence-electron chi connectivity index (χ2n) is 50.5. The average Bonchev–Trinajstić information content (AvgIpc) is 0.691. The maximum Gasteiger partial charge on any atom is 0.164 e. The zero-order chi connectivity index (χ0) is 107. The molecule has 0 saturated carbocycles. The van der Waals surface area contributed by atoms with E-state index in [1.165, 1.54) is 99.4 Å². The van der Waals surface area contributed by atoms with Gasteiger partial charge in [-0.2, -0.15) is 0 Å². The minimum atomic E-state index is -0.0430. The lowest BCUT2D eigenvalue weighted by molar-refractivity contribution is 0.569. The van der Waals surface area contributed by atoms with Gasteiger partial charge in [-0.25, -0.2) is 44.9 Å². The van der Waals surface area contributed by atoms with E-state index in [4.69, 9.17) is 44.9 Å². The fourth-order valence-electron chi connectivity index (χ4n) is 20.5. The summed E-state index contributed by atoms with van der Waals surface area (Å²) in [7, 11) is 0. The van der Waals surface area contributed by atoms with Crippen LogP contribution < -0.4 is 0 Å². The Morgan fingerprint density at radius 2 is 0.320 bits per heavy atom. The molecule has 20 aromatic rings. The van der Waals surface area contributed by atoms with Crippen molar-refractivity contribution < 1.29 is 0 Å². The third kappa shape index (κ3) is 21.5.